The van der Waals surface area contributed by atoms with Crippen LogP contribution in [0.15, 0.2) is 18.2 Å². The number of anilines is 1. The first-order valence-corrected chi connectivity index (χ1v) is 5.52. The lowest BCUT2D eigenvalue weighted by Gasteiger charge is -2.15. The average Bonchev–Trinajstić information content (AvgIpc) is 2.36. The minimum Gasteiger partial charge on any atom is -0.495 e. The summed E-state index contributed by atoms with van der Waals surface area (Å²) in [5.41, 5.74) is 1.49. The number of methoxy groups -OCH3 is 2. The largest absolute Gasteiger partial charge is 0.495 e. The maximum atomic E-state index is 8.79. The van der Waals surface area contributed by atoms with E-state index in [9.17, 15) is 0 Å². The van der Waals surface area contributed by atoms with E-state index in [4.69, 9.17) is 14.7 Å². The van der Waals surface area contributed by atoms with Gasteiger partial charge in [0, 0.05) is 19.7 Å². The molecular formula is C13H18N2O2. The van der Waals surface area contributed by atoms with Crippen LogP contribution in [0.2, 0.25) is 0 Å². The van der Waals surface area contributed by atoms with Gasteiger partial charge in [0.25, 0.3) is 0 Å². The molecule has 0 aliphatic rings. The van der Waals surface area contributed by atoms with Crippen LogP contribution in [0.3, 0.4) is 0 Å². The van der Waals surface area contributed by atoms with Gasteiger partial charge < -0.3 is 14.8 Å². The first-order chi connectivity index (χ1) is 8.21. The summed E-state index contributed by atoms with van der Waals surface area (Å²) in [5.74, 6) is 1.11. The molecule has 4 heteroatoms. The Labute approximate surface area is 102 Å². The van der Waals surface area contributed by atoms with Crippen LogP contribution in [0.1, 0.15) is 12.5 Å². The van der Waals surface area contributed by atoms with Gasteiger partial charge in [-0.05, 0) is 18.1 Å². The summed E-state index contributed by atoms with van der Waals surface area (Å²) < 4.78 is 10.3. The first-order valence-electron chi connectivity index (χ1n) is 5.52. The fourth-order valence-corrected chi connectivity index (χ4v) is 1.53. The third-order valence-corrected chi connectivity index (χ3v) is 2.42. The van der Waals surface area contributed by atoms with Gasteiger partial charge in [-0.25, -0.2) is 0 Å². The molecule has 4 nitrogen and oxygen atoms in total. The number of nitrogens with one attached hydrogen (secondary N) is 1. The van der Waals surface area contributed by atoms with Crippen molar-refractivity contribution in [2.24, 2.45) is 5.92 Å². The van der Waals surface area contributed by atoms with E-state index in [0.29, 0.717) is 23.8 Å². The molecule has 0 spiro atoms. The molecule has 0 aliphatic heterocycles. The monoisotopic (exact) mass is 234 g/mol. The molecule has 1 aromatic rings. The molecule has 1 aromatic carbocycles. The van der Waals surface area contributed by atoms with Gasteiger partial charge in [-0.1, -0.05) is 6.92 Å². The van der Waals surface area contributed by atoms with Crippen LogP contribution >= 0.6 is 0 Å². The summed E-state index contributed by atoms with van der Waals surface area (Å²) in [5, 5.41) is 12.1. The standard InChI is InChI=1S/C13H18N2O2/c1-10(9-16-2)8-15-12-5-4-11(7-14)6-13(12)17-3/h4-6,10,15H,8-9H2,1-3H3. The molecule has 0 amide bonds. The third-order valence-electron chi connectivity index (χ3n) is 2.42. The summed E-state index contributed by atoms with van der Waals surface area (Å²) in [7, 11) is 3.29. The highest BCUT2D eigenvalue weighted by atomic mass is 16.5. The van der Waals surface area contributed by atoms with Crippen molar-refractivity contribution in [2.45, 2.75) is 6.92 Å². The van der Waals surface area contributed by atoms with E-state index in [-0.39, 0.29) is 0 Å². The fourth-order valence-electron chi connectivity index (χ4n) is 1.53. The van der Waals surface area contributed by atoms with Crippen molar-refractivity contribution in [1.82, 2.24) is 0 Å². The predicted octanol–water partition coefficient (Wildman–Crippen LogP) is 2.26. The molecule has 1 N–H and O–H groups in total. The van der Waals surface area contributed by atoms with Gasteiger partial charge in [-0.2, -0.15) is 5.26 Å². The van der Waals surface area contributed by atoms with E-state index >= 15 is 0 Å². The summed E-state index contributed by atoms with van der Waals surface area (Å²) >= 11 is 0. The number of hydrogen-bond acceptors (Lipinski definition) is 4. The second-order valence-corrected chi connectivity index (χ2v) is 3.97. The number of rotatable bonds is 6. The molecular weight excluding hydrogens is 216 g/mol. The quantitative estimate of drug-likeness (QED) is 0.820. The van der Waals surface area contributed by atoms with Crippen LogP contribution < -0.4 is 10.1 Å². The van der Waals surface area contributed by atoms with Crippen molar-refractivity contribution >= 4 is 5.69 Å². The fraction of sp³-hybridized carbons (Fsp3) is 0.462. The Hall–Kier alpha value is -1.73. The molecule has 0 saturated carbocycles. The second kappa shape index (κ2) is 6.77. The van der Waals surface area contributed by atoms with Crippen LogP contribution in [0.25, 0.3) is 0 Å². The highest BCUT2D eigenvalue weighted by Gasteiger charge is 2.06. The first kappa shape index (κ1) is 13.3. The smallest absolute Gasteiger partial charge is 0.143 e. The number of hydrogen-bond donors (Lipinski definition) is 1. The van der Waals surface area contributed by atoms with Crippen molar-refractivity contribution < 1.29 is 9.47 Å². The molecule has 1 unspecified atom stereocenters. The molecule has 0 saturated heterocycles. The number of nitrogens with zero attached hydrogens (tertiary/aromatic N) is 1. The number of ether oxygens (including phenoxy) is 2. The SMILES string of the molecule is COCC(C)CNc1ccc(C#N)cc1OC. The lowest BCUT2D eigenvalue weighted by molar-refractivity contribution is 0.164. The molecule has 92 valence electrons. The summed E-state index contributed by atoms with van der Waals surface area (Å²) in [6.45, 7) is 3.62. The summed E-state index contributed by atoms with van der Waals surface area (Å²) in [6, 6.07) is 7.44. The Morgan fingerprint density at radius 2 is 2.18 bits per heavy atom. The van der Waals surface area contributed by atoms with Gasteiger partial charge in [0.05, 0.1) is 31.0 Å². The summed E-state index contributed by atoms with van der Waals surface area (Å²) in [6.07, 6.45) is 0. The van der Waals surface area contributed by atoms with E-state index in [2.05, 4.69) is 18.3 Å². The molecule has 0 aromatic heterocycles. The van der Waals surface area contributed by atoms with Crippen molar-refractivity contribution in [2.75, 3.05) is 32.7 Å². The Morgan fingerprint density at radius 3 is 2.76 bits per heavy atom. The minimum atomic E-state index is 0.417. The summed E-state index contributed by atoms with van der Waals surface area (Å²) in [4.78, 5) is 0. The van der Waals surface area contributed by atoms with E-state index in [0.717, 1.165) is 12.2 Å². The molecule has 1 rings (SSSR count). The lowest BCUT2D eigenvalue weighted by atomic mass is 10.1. The molecule has 1 atom stereocenters. The van der Waals surface area contributed by atoms with Crippen LogP contribution in [-0.2, 0) is 4.74 Å². The highest BCUT2D eigenvalue weighted by molar-refractivity contribution is 5.59. The van der Waals surface area contributed by atoms with Crippen molar-refractivity contribution in [1.29, 1.82) is 5.26 Å². The zero-order valence-electron chi connectivity index (χ0n) is 10.5. The van der Waals surface area contributed by atoms with Crippen LogP contribution in [0, 0.1) is 17.2 Å². The van der Waals surface area contributed by atoms with Crippen molar-refractivity contribution in [3.63, 3.8) is 0 Å². The zero-order chi connectivity index (χ0) is 12.7. The molecule has 0 fully saturated rings. The normalized spacial score (nSPS) is 11.6. The van der Waals surface area contributed by atoms with Gasteiger partial charge >= 0.3 is 0 Å². The Kier molecular flexibility index (Phi) is 5.31. The van der Waals surface area contributed by atoms with E-state index in [1.807, 2.05) is 6.07 Å². The van der Waals surface area contributed by atoms with Crippen molar-refractivity contribution in [3.8, 4) is 11.8 Å². The highest BCUT2D eigenvalue weighted by Crippen LogP contribution is 2.25. The minimum absolute atomic E-state index is 0.417. The molecule has 0 radical (unpaired) electrons. The molecule has 17 heavy (non-hydrogen) atoms. The van der Waals surface area contributed by atoms with E-state index < -0.39 is 0 Å². The number of benzene rings is 1. The van der Waals surface area contributed by atoms with Gasteiger partial charge in [0.1, 0.15) is 5.75 Å². The second-order valence-electron chi connectivity index (χ2n) is 3.97. The van der Waals surface area contributed by atoms with Gasteiger partial charge in [-0.15, -0.1) is 0 Å². The molecule has 0 heterocycles. The van der Waals surface area contributed by atoms with Crippen molar-refractivity contribution in [3.05, 3.63) is 23.8 Å². The van der Waals surface area contributed by atoms with E-state index in [1.165, 1.54) is 0 Å². The third kappa shape index (κ3) is 3.97. The topological polar surface area (TPSA) is 54.3 Å². The predicted molar refractivity (Wildman–Crippen MR) is 67.2 cm³/mol. The zero-order valence-corrected chi connectivity index (χ0v) is 10.5. The van der Waals surface area contributed by atoms with Gasteiger partial charge in [-0.3, -0.25) is 0 Å². The average molecular weight is 234 g/mol. The van der Waals surface area contributed by atoms with Gasteiger partial charge in [0.2, 0.25) is 0 Å². The molecule has 0 bridgehead atoms. The van der Waals surface area contributed by atoms with Crippen LogP contribution in [0.5, 0.6) is 5.75 Å². The Morgan fingerprint density at radius 1 is 1.41 bits per heavy atom. The van der Waals surface area contributed by atoms with E-state index in [1.54, 1.807) is 26.4 Å². The maximum Gasteiger partial charge on any atom is 0.143 e. The van der Waals surface area contributed by atoms with Crippen LogP contribution in [-0.4, -0.2) is 27.4 Å². The Bertz CT molecular complexity index is 399. The lowest BCUT2D eigenvalue weighted by Crippen LogP contribution is -2.16. The van der Waals surface area contributed by atoms with Gasteiger partial charge in [0.15, 0.2) is 0 Å². The maximum absolute atomic E-state index is 8.79. The molecule has 0 aliphatic carbocycles. The Balaban J connectivity index is 2.68. The van der Waals surface area contributed by atoms with Crippen LogP contribution in [0.4, 0.5) is 5.69 Å². The number of nitriles is 1.